The molecule has 2 aliphatic heterocycles. The highest BCUT2D eigenvalue weighted by molar-refractivity contribution is 6.30. The van der Waals surface area contributed by atoms with Gasteiger partial charge in [-0.3, -0.25) is 4.90 Å². The summed E-state index contributed by atoms with van der Waals surface area (Å²) in [6.45, 7) is 3.78. The van der Waals surface area contributed by atoms with Gasteiger partial charge in [0, 0.05) is 42.4 Å². The third-order valence-electron chi connectivity index (χ3n) is 6.16. The van der Waals surface area contributed by atoms with Crippen LogP contribution in [0.15, 0.2) is 48.5 Å². The lowest BCUT2D eigenvalue weighted by molar-refractivity contribution is -0.139. The van der Waals surface area contributed by atoms with Crippen LogP contribution in [0.1, 0.15) is 24.8 Å². The Bertz CT molecular complexity index is 833. The van der Waals surface area contributed by atoms with E-state index in [4.69, 9.17) is 16.3 Å². The van der Waals surface area contributed by atoms with Crippen LogP contribution >= 0.6 is 11.6 Å². The van der Waals surface area contributed by atoms with Crippen LogP contribution in [0.2, 0.25) is 5.02 Å². The molecule has 0 N–H and O–H groups in total. The Hall–Kier alpha value is -1.92. The van der Waals surface area contributed by atoms with Crippen molar-refractivity contribution in [2.45, 2.75) is 31.0 Å². The Kier molecular flexibility index (Phi) is 5.67. The van der Waals surface area contributed by atoms with Crippen molar-refractivity contribution >= 4 is 17.3 Å². The third-order valence-corrected chi connectivity index (χ3v) is 6.41. The molecule has 0 amide bonds. The highest BCUT2D eigenvalue weighted by atomic mass is 35.5. The summed E-state index contributed by atoms with van der Waals surface area (Å²) in [5.74, 6) is -0.0959. The standard InChI is InChI=1S/C22H24ClF3N2O/c23-17-5-7-18(8-6-17)28-14-11-21(28)9-12-27(13-10-21)15-16-29-20-4-2-1-3-19(20)22(24,25)26/h1-8H,9-16H2. The van der Waals surface area contributed by atoms with Gasteiger partial charge in [-0.05, 0) is 55.7 Å². The van der Waals surface area contributed by atoms with Gasteiger partial charge in [0.25, 0.3) is 0 Å². The van der Waals surface area contributed by atoms with Gasteiger partial charge in [0.15, 0.2) is 0 Å². The number of halogens is 4. The quantitative estimate of drug-likeness (QED) is 0.631. The van der Waals surface area contributed by atoms with Gasteiger partial charge in [0.2, 0.25) is 0 Å². The predicted octanol–water partition coefficient (Wildman–Crippen LogP) is 5.48. The van der Waals surface area contributed by atoms with Crippen LogP contribution in [0.3, 0.4) is 0 Å². The van der Waals surface area contributed by atoms with Crippen molar-refractivity contribution in [1.29, 1.82) is 0 Å². The average molecular weight is 425 g/mol. The first kappa shape index (κ1) is 20.4. The molecule has 0 bridgehead atoms. The second kappa shape index (κ2) is 8.07. The Balaban J connectivity index is 1.28. The molecule has 0 saturated carbocycles. The van der Waals surface area contributed by atoms with Crippen LogP contribution in [0.25, 0.3) is 0 Å². The number of hydrogen-bond donors (Lipinski definition) is 0. The molecule has 0 aliphatic carbocycles. The normalized spacial score (nSPS) is 19.2. The third kappa shape index (κ3) is 4.33. The Morgan fingerprint density at radius 3 is 2.21 bits per heavy atom. The molecule has 2 fully saturated rings. The molecular formula is C22H24ClF3N2O. The number of rotatable bonds is 5. The van der Waals surface area contributed by atoms with E-state index in [9.17, 15) is 13.2 Å². The summed E-state index contributed by atoms with van der Waals surface area (Å²) >= 11 is 6.00. The van der Waals surface area contributed by atoms with E-state index in [0.29, 0.717) is 6.54 Å². The maximum atomic E-state index is 13.1. The van der Waals surface area contributed by atoms with Crippen LogP contribution < -0.4 is 9.64 Å². The van der Waals surface area contributed by atoms with E-state index in [1.54, 1.807) is 6.07 Å². The van der Waals surface area contributed by atoms with E-state index in [2.05, 4.69) is 21.9 Å². The van der Waals surface area contributed by atoms with Crippen molar-refractivity contribution < 1.29 is 17.9 Å². The van der Waals surface area contributed by atoms with Gasteiger partial charge in [0.05, 0.1) is 5.56 Å². The maximum Gasteiger partial charge on any atom is 0.419 e. The van der Waals surface area contributed by atoms with E-state index < -0.39 is 11.7 Å². The van der Waals surface area contributed by atoms with Gasteiger partial charge in [-0.15, -0.1) is 0 Å². The number of nitrogens with zero attached hydrogens (tertiary/aromatic N) is 2. The van der Waals surface area contributed by atoms with Crippen molar-refractivity contribution in [2.24, 2.45) is 0 Å². The van der Waals surface area contributed by atoms with Crippen LogP contribution in [0.4, 0.5) is 18.9 Å². The fourth-order valence-electron chi connectivity index (χ4n) is 4.39. The summed E-state index contributed by atoms with van der Waals surface area (Å²) in [5, 5.41) is 0.741. The number of ether oxygens (including phenoxy) is 1. The minimum atomic E-state index is -4.40. The van der Waals surface area contributed by atoms with Gasteiger partial charge in [-0.2, -0.15) is 13.2 Å². The highest BCUT2D eigenvalue weighted by Crippen LogP contribution is 2.43. The molecule has 0 unspecified atom stereocenters. The minimum Gasteiger partial charge on any atom is -0.492 e. The lowest BCUT2D eigenvalue weighted by atomic mass is 9.76. The molecule has 2 aromatic rings. The van der Waals surface area contributed by atoms with Gasteiger partial charge >= 0.3 is 6.18 Å². The zero-order valence-corrected chi connectivity index (χ0v) is 16.8. The molecule has 0 aromatic heterocycles. The molecule has 2 saturated heterocycles. The van der Waals surface area contributed by atoms with Gasteiger partial charge in [0.1, 0.15) is 12.4 Å². The molecule has 29 heavy (non-hydrogen) atoms. The van der Waals surface area contributed by atoms with Crippen molar-refractivity contribution in [3.63, 3.8) is 0 Å². The van der Waals surface area contributed by atoms with E-state index in [-0.39, 0.29) is 17.9 Å². The second-order valence-electron chi connectivity index (χ2n) is 7.79. The fraction of sp³-hybridized carbons (Fsp3) is 0.455. The Morgan fingerprint density at radius 1 is 0.931 bits per heavy atom. The molecule has 1 spiro atoms. The number of benzene rings is 2. The molecule has 2 aliphatic rings. The van der Waals surface area contributed by atoms with Crippen molar-refractivity contribution in [1.82, 2.24) is 4.90 Å². The number of piperidine rings is 1. The largest absolute Gasteiger partial charge is 0.492 e. The van der Waals surface area contributed by atoms with Gasteiger partial charge in [-0.25, -0.2) is 0 Å². The Labute approximate surface area is 174 Å². The van der Waals surface area contributed by atoms with Crippen LogP contribution in [0.5, 0.6) is 5.75 Å². The van der Waals surface area contributed by atoms with E-state index in [1.165, 1.54) is 24.2 Å². The van der Waals surface area contributed by atoms with Gasteiger partial charge < -0.3 is 9.64 Å². The molecule has 7 heteroatoms. The SMILES string of the molecule is FC(F)(F)c1ccccc1OCCN1CCC2(CC1)CCN2c1ccc(Cl)cc1. The summed E-state index contributed by atoms with van der Waals surface area (Å²) in [6, 6.07) is 13.4. The summed E-state index contributed by atoms with van der Waals surface area (Å²) in [5.41, 5.74) is 0.695. The highest BCUT2D eigenvalue weighted by Gasteiger charge is 2.46. The lowest BCUT2D eigenvalue weighted by Gasteiger charge is -2.58. The first-order chi connectivity index (χ1) is 13.9. The molecule has 2 heterocycles. The van der Waals surface area contributed by atoms with Crippen molar-refractivity contribution in [3.05, 3.63) is 59.1 Å². The molecule has 3 nitrogen and oxygen atoms in total. The first-order valence-corrected chi connectivity index (χ1v) is 10.3. The molecule has 0 atom stereocenters. The second-order valence-corrected chi connectivity index (χ2v) is 8.22. The smallest absolute Gasteiger partial charge is 0.419 e. The fourth-order valence-corrected chi connectivity index (χ4v) is 4.51. The average Bonchev–Trinajstić information content (AvgIpc) is 2.69. The van der Waals surface area contributed by atoms with Crippen molar-refractivity contribution in [2.75, 3.05) is 37.7 Å². The summed E-state index contributed by atoms with van der Waals surface area (Å²) < 4.78 is 44.6. The van der Waals surface area contributed by atoms with Crippen LogP contribution in [-0.4, -0.2) is 43.2 Å². The number of para-hydroxylation sites is 1. The lowest BCUT2D eigenvalue weighted by Crippen LogP contribution is -2.64. The maximum absolute atomic E-state index is 13.1. The first-order valence-electron chi connectivity index (χ1n) is 9.92. The molecule has 0 radical (unpaired) electrons. The van der Waals surface area contributed by atoms with E-state index in [0.717, 1.165) is 43.6 Å². The zero-order chi connectivity index (χ0) is 20.5. The number of alkyl halides is 3. The number of likely N-dealkylation sites (tertiary alicyclic amines) is 1. The molecule has 156 valence electrons. The van der Waals surface area contributed by atoms with E-state index in [1.807, 2.05) is 12.1 Å². The summed E-state index contributed by atoms with van der Waals surface area (Å²) in [4.78, 5) is 4.75. The van der Waals surface area contributed by atoms with Crippen molar-refractivity contribution in [3.8, 4) is 5.75 Å². The summed E-state index contributed by atoms with van der Waals surface area (Å²) in [7, 11) is 0. The molecule has 2 aromatic carbocycles. The molecular weight excluding hydrogens is 401 g/mol. The Morgan fingerprint density at radius 2 is 1.59 bits per heavy atom. The summed E-state index contributed by atoms with van der Waals surface area (Å²) in [6.07, 6.45) is -1.12. The molecule has 4 rings (SSSR count). The predicted molar refractivity (Wildman–Crippen MR) is 109 cm³/mol. The monoisotopic (exact) mass is 424 g/mol. The topological polar surface area (TPSA) is 15.7 Å². The van der Waals surface area contributed by atoms with E-state index >= 15 is 0 Å². The number of anilines is 1. The van der Waals surface area contributed by atoms with Crippen LogP contribution in [-0.2, 0) is 6.18 Å². The number of hydrogen-bond acceptors (Lipinski definition) is 3. The zero-order valence-electron chi connectivity index (χ0n) is 16.1. The van der Waals surface area contributed by atoms with Gasteiger partial charge in [-0.1, -0.05) is 23.7 Å². The van der Waals surface area contributed by atoms with Crippen LogP contribution in [0, 0.1) is 0 Å². The minimum absolute atomic E-state index is 0.0959.